The molecule has 5 aromatic rings. The summed E-state index contributed by atoms with van der Waals surface area (Å²) in [5, 5.41) is 3.02. The number of rotatable bonds is 5. The Morgan fingerprint density at radius 3 is 2.35 bits per heavy atom. The van der Waals surface area contributed by atoms with Gasteiger partial charge >= 0.3 is 0 Å². The van der Waals surface area contributed by atoms with Gasteiger partial charge in [-0.1, -0.05) is 48.5 Å². The quantitative estimate of drug-likeness (QED) is 0.292. The highest BCUT2D eigenvalue weighted by atomic mass is 16.2. The number of para-hydroxylation sites is 1. The predicted octanol–water partition coefficient (Wildman–Crippen LogP) is 6.31. The summed E-state index contributed by atoms with van der Waals surface area (Å²) < 4.78 is 2.01. The number of aromatic nitrogens is 2. The lowest BCUT2D eigenvalue weighted by Gasteiger charge is -2.23. The molecule has 0 unspecified atom stereocenters. The fourth-order valence-electron chi connectivity index (χ4n) is 5.44. The molecular weight excluding hydrogens is 496 g/mol. The minimum Gasteiger partial charge on any atom is -0.347 e. The van der Waals surface area contributed by atoms with E-state index < -0.39 is 0 Å². The second kappa shape index (κ2) is 10.7. The molecule has 0 spiro atoms. The SMILES string of the molecule is Cc1ccccc1-c1ccc(C(=O)N2Cc3ccc(C(=O)NCc4ccncc4)n3Cc3ccccc32)cc1C. The van der Waals surface area contributed by atoms with Gasteiger partial charge in [-0.2, -0.15) is 0 Å². The maximum Gasteiger partial charge on any atom is 0.268 e. The van der Waals surface area contributed by atoms with E-state index in [2.05, 4.69) is 36.3 Å². The van der Waals surface area contributed by atoms with Crippen molar-refractivity contribution in [2.75, 3.05) is 4.90 Å². The number of carbonyl (C=O) groups is 2. The van der Waals surface area contributed by atoms with Crippen molar-refractivity contribution in [3.05, 3.63) is 143 Å². The lowest BCUT2D eigenvalue weighted by atomic mass is 9.95. The van der Waals surface area contributed by atoms with Crippen LogP contribution in [0.2, 0.25) is 0 Å². The number of hydrogen-bond donors (Lipinski definition) is 1. The number of nitrogens with one attached hydrogen (secondary N) is 1. The van der Waals surface area contributed by atoms with Crippen LogP contribution in [0, 0.1) is 13.8 Å². The van der Waals surface area contributed by atoms with Crippen LogP contribution in [0.25, 0.3) is 11.1 Å². The molecule has 2 amide bonds. The Balaban J connectivity index is 1.30. The van der Waals surface area contributed by atoms with E-state index in [0.29, 0.717) is 30.9 Å². The Hall–Kier alpha value is -4.97. The Labute approximate surface area is 233 Å². The summed E-state index contributed by atoms with van der Waals surface area (Å²) in [5.74, 6) is -0.215. The largest absolute Gasteiger partial charge is 0.347 e. The summed E-state index contributed by atoms with van der Waals surface area (Å²) in [5.41, 5.74) is 9.51. The molecule has 0 bridgehead atoms. The average molecular weight is 527 g/mol. The van der Waals surface area contributed by atoms with Crippen LogP contribution in [0.5, 0.6) is 0 Å². The van der Waals surface area contributed by atoms with Crippen molar-refractivity contribution in [2.24, 2.45) is 0 Å². The lowest BCUT2D eigenvalue weighted by molar-refractivity contribution is 0.0941. The maximum atomic E-state index is 14.0. The molecule has 0 radical (unpaired) electrons. The number of anilines is 1. The molecular formula is C34H30N4O2. The second-order valence-electron chi connectivity index (χ2n) is 10.2. The van der Waals surface area contributed by atoms with Gasteiger partial charge in [-0.05, 0) is 89.7 Å². The predicted molar refractivity (Wildman–Crippen MR) is 157 cm³/mol. The van der Waals surface area contributed by atoms with Gasteiger partial charge in [0.05, 0.1) is 13.1 Å². The summed E-state index contributed by atoms with van der Waals surface area (Å²) in [6, 6.07) is 29.7. The Morgan fingerprint density at radius 2 is 1.55 bits per heavy atom. The molecule has 0 atom stereocenters. The van der Waals surface area contributed by atoms with Crippen LogP contribution in [-0.4, -0.2) is 21.4 Å². The minimum absolute atomic E-state index is 0.0646. The molecule has 0 aliphatic carbocycles. The van der Waals surface area contributed by atoms with Crippen molar-refractivity contribution < 1.29 is 9.59 Å². The molecule has 1 aliphatic heterocycles. The minimum atomic E-state index is -0.150. The highest BCUT2D eigenvalue weighted by Crippen LogP contribution is 2.32. The fourth-order valence-corrected chi connectivity index (χ4v) is 5.44. The van der Waals surface area contributed by atoms with Gasteiger partial charge in [0.25, 0.3) is 11.8 Å². The number of aryl methyl sites for hydroxylation is 2. The fraction of sp³-hybridized carbons (Fsp3) is 0.147. The molecule has 3 heterocycles. The van der Waals surface area contributed by atoms with Crippen molar-refractivity contribution in [3.8, 4) is 11.1 Å². The summed E-state index contributed by atoms with van der Waals surface area (Å²) in [6.45, 7) is 5.44. The number of carbonyl (C=O) groups excluding carboxylic acids is 2. The zero-order valence-electron chi connectivity index (χ0n) is 22.6. The van der Waals surface area contributed by atoms with Crippen LogP contribution in [0.4, 0.5) is 5.69 Å². The van der Waals surface area contributed by atoms with Gasteiger partial charge in [0.1, 0.15) is 5.69 Å². The van der Waals surface area contributed by atoms with E-state index in [9.17, 15) is 9.59 Å². The van der Waals surface area contributed by atoms with E-state index in [1.54, 1.807) is 12.4 Å². The normalized spacial score (nSPS) is 12.3. The third-order valence-corrected chi connectivity index (χ3v) is 7.59. The summed E-state index contributed by atoms with van der Waals surface area (Å²) >= 11 is 0. The first kappa shape index (κ1) is 25.3. The van der Waals surface area contributed by atoms with Crippen molar-refractivity contribution >= 4 is 17.5 Å². The number of pyridine rings is 1. The third-order valence-electron chi connectivity index (χ3n) is 7.59. The van der Waals surface area contributed by atoms with Crippen molar-refractivity contribution in [2.45, 2.75) is 33.5 Å². The molecule has 0 fully saturated rings. The molecule has 3 aromatic carbocycles. The van der Waals surface area contributed by atoms with Gasteiger partial charge in [-0.3, -0.25) is 14.6 Å². The van der Waals surface area contributed by atoms with Crippen molar-refractivity contribution in [3.63, 3.8) is 0 Å². The second-order valence-corrected chi connectivity index (χ2v) is 10.2. The highest BCUT2D eigenvalue weighted by molar-refractivity contribution is 6.07. The van der Waals surface area contributed by atoms with Crippen LogP contribution in [0.15, 0.2) is 103 Å². The number of fused-ring (bicyclic) bond motifs is 2. The Bertz CT molecular complexity index is 1720. The van der Waals surface area contributed by atoms with E-state index in [1.807, 2.05) is 88.3 Å². The number of amides is 2. The third kappa shape index (κ3) is 4.80. The molecule has 1 N–H and O–H groups in total. The highest BCUT2D eigenvalue weighted by Gasteiger charge is 2.27. The van der Waals surface area contributed by atoms with Crippen LogP contribution in [-0.2, 0) is 19.6 Å². The number of nitrogens with zero attached hydrogens (tertiary/aromatic N) is 3. The molecule has 198 valence electrons. The van der Waals surface area contributed by atoms with Gasteiger partial charge < -0.3 is 14.8 Å². The monoisotopic (exact) mass is 526 g/mol. The molecule has 0 saturated heterocycles. The molecule has 6 heteroatoms. The molecule has 0 saturated carbocycles. The summed E-state index contributed by atoms with van der Waals surface area (Å²) in [7, 11) is 0. The first-order valence-corrected chi connectivity index (χ1v) is 13.4. The van der Waals surface area contributed by atoms with Crippen LogP contribution in [0.3, 0.4) is 0 Å². The number of benzene rings is 3. The van der Waals surface area contributed by atoms with Gasteiger partial charge in [0, 0.05) is 35.9 Å². The standard InChI is InChI=1S/C34H30N4O2/c1-23-7-3-5-9-29(23)30-13-11-26(19-24(30)2)34(40)38-22-28-12-14-32(33(39)36-20-25-15-17-35-18-16-25)37(28)21-27-8-4-6-10-31(27)38/h3-19H,20-22H2,1-2H3,(H,36,39). The summed E-state index contributed by atoms with van der Waals surface area (Å²) in [4.78, 5) is 33.1. The van der Waals surface area contributed by atoms with E-state index in [4.69, 9.17) is 0 Å². The van der Waals surface area contributed by atoms with Gasteiger partial charge in [-0.15, -0.1) is 0 Å². The van der Waals surface area contributed by atoms with Crippen molar-refractivity contribution in [1.29, 1.82) is 0 Å². The molecule has 1 aliphatic rings. The van der Waals surface area contributed by atoms with E-state index >= 15 is 0 Å². The van der Waals surface area contributed by atoms with Crippen molar-refractivity contribution in [1.82, 2.24) is 14.9 Å². The first-order chi connectivity index (χ1) is 19.5. The van der Waals surface area contributed by atoms with Crippen LogP contribution < -0.4 is 10.2 Å². The molecule has 40 heavy (non-hydrogen) atoms. The topological polar surface area (TPSA) is 67.2 Å². The average Bonchev–Trinajstić information content (AvgIpc) is 3.29. The zero-order chi connectivity index (χ0) is 27.6. The molecule has 6 nitrogen and oxygen atoms in total. The van der Waals surface area contributed by atoms with Gasteiger partial charge in [0.15, 0.2) is 0 Å². The van der Waals surface area contributed by atoms with Crippen LogP contribution in [0.1, 0.15) is 48.8 Å². The Kier molecular flexibility index (Phi) is 6.74. The van der Waals surface area contributed by atoms with E-state index in [0.717, 1.165) is 33.6 Å². The molecule has 6 rings (SSSR count). The maximum absolute atomic E-state index is 14.0. The lowest BCUT2D eigenvalue weighted by Crippen LogP contribution is -2.30. The number of hydrogen-bond acceptors (Lipinski definition) is 3. The van der Waals surface area contributed by atoms with Crippen LogP contribution >= 0.6 is 0 Å². The van der Waals surface area contributed by atoms with E-state index in [1.165, 1.54) is 11.1 Å². The summed E-state index contributed by atoms with van der Waals surface area (Å²) in [6.07, 6.45) is 3.43. The first-order valence-electron chi connectivity index (χ1n) is 13.4. The van der Waals surface area contributed by atoms with Gasteiger partial charge in [-0.25, -0.2) is 0 Å². The Morgan fingerprint density at radius 1 is 0.800 bits per heavy atom. The zero-order valence-corrected chi connectivity index (χ0v) is 22.6. The van der Waals surface area contributed by atoms with Gasteiger partial charge in [0.2, 0.25) is 0 Å². The van der Waals surface area contributed by atoms with E-state index in [-0.39, 0.29) is 11.8 Å². The smallest absolute Gasteiger partial charge is 0.268 e. The molecule has 2 aromatic heterocycles.